The summed E-state index contributed by atoms with van der Waals surface area (Å²) >= 11 is 0. The zero-order valence-corrected chi connectivity index (χ0v) is 14.1. The third-order valence-corrected chi connectivity index (χ3v) is 4.02. The number of ether oxygens (including phenoxy) is 2. The predicted molar refractivity (Wildman–Crippen MR) is 94.3 cm³/mol. The number of benzene rings is 2. The molecule has 0 fully saturated rings. The second-order valence-electron chi connectivity index (χ2n) is 5.69. The highest BCUT2D eigenvalue weighted by molar-refractivity contribution is 5.82. The zero-order valence-electron chi connectivity index (χ0n) is 14.1. The van der Waals surface area contributed by atoms with Crippen molar-refractivity contribution >= 4 is 11.0 Å². The first-order valence-corrected chi connectivity index (χ1v) is 8.00. The molecule has 0 saturated carbocycles. The maximum Gasteiger partial charge on any atom is 0.235 e. The minimum Gasteiger partial charge on any atom is -0.496 e. The molecule has 1 heterocycles. The summed E-state index contributed by atoms with van der Waals surface area (Å²) < 4.78 is 16.6. The lowest BCUT2D eigenvalue weighted by Gasteiger charge is -2.09. The molecule has 0 bridgehead atoms. The van der Waals surface area contributed by atoms with Gasteiger partial charge in [-0.05, 0) is 43.2 Å². The lowest BCUT2D eigenvalue weighted by Crippen LogP contribution is -2.06. The van der Waals surface area contributed by atoms with Gasteiger partial charge in [-0.2, -0.15) is 0 Å². The van der Waals surface area contributed by atoms with Crippen molar-refractivity contribution in [1.82, 2.24) is 0 Å². The fraction of sp³-hybridized carbons (Fsp3) is 0.250. The van der Waals surface area contributed by atoms with Crippen LogP contribution in [0.2, 0.25) is 0 Å². The molecular weight excluding hydrogens is 304 g/mol. The van der Waals surface area contributed by atoms with E-state index in [-0.39, 0.29) is 11.2 Å². The van der Waals surface area contributed by atoms with E-state index < -0.39 is 0 Å². The van der Waals surface area contributed by atoms with Crippen LogP contribution >= 0.6 is 0 Å². The summed E-state index contributed by atoms with van der Waals surface area (Å²) in [6.45, 7) is 4.00. The van der Waals surface area contributed by atoms with E-state index in [9.17, 15) is 4.79 Å². The smallest absolute Gasteiger partial charge is 0.235 e. The highest BCUT2D eigenvalue weighted by Crippen LogP contribution is 2.28. The summed E-state index contributed by atoms with van der Waals surface area (Å²) in [5, 5.41) is 0.480. The average Bonchev–Trinajstić information content (AvgIpc) is 2.60. The summed E-state index contributed by atoms with van der Waals surface area (Å²) in [6.07, 6.45) is 3.48. The molecular formula is C20H20O4. The number of hydrogen-bond acceptors (Lipinski definition) is 4. The standard InChI is InChI=1S/C20H20O4/c1-4-5-14-6-8-15(9-7-14)24-18-12-23-20-13(2)17(22-3)11-10-16(20)19(18)21/h6-12H,4-5H2,1-3H3. The highest BCUT2D eigenvalue weighted by Gasteiger charge is 2.13. The Morgan fingerprint density at radius 1 is 1.04 bits per heavy atom. The van der Waals surface area contributed by atoms with Crippen molar-refractivity contribution < 1.29 is 13.9 Å². The van der Waals surface area contributed by atoms with Crippen LogP contribution in [0.1, 0.15) is 24.5 Å². The predicted octanol–water partition coefficient (Wildman–Crippen LogP) is 4.85. The van der Waals surface area contributed by atoms with Crippen molar-refractivity contribution in [3.63, 3.8) is 0 Å². The van der Waals surface area contributed by atoms with Crippen LogP contribution in [-0.2, 0) is 6.42 Å². The van der Waals surface area contributed by atoms with Gasteiger partial charge < -0.3 is 13.9 Å². The van der Waals surface area contributed by atoms with Crippen molar-refractivity contribution in [1.29, 1.82) is 0 Å². The van der Waals surface area contributed by atoms with Gasteiger partial charge in [0.1, 0.15) is 23.3 Å². The number of fused-ring (bicyclic) bond motifs is 1. The molecule has 0 aliphatic heterocycles. The van der Waals surface area contributed by atoms with Crippen LogP contribution in [0, 0.1) is 6.92 Å². The Hall–Kier alpha value is -2.75. The average molecular weight is 324 g/mol. The largest absolute Gasteiger partial charge is 0.496 e. The van der Waals surface area contributed by atoms with Crippen molar-refractivity contribution in [3.05, 3.63) is 64.0 Å². The van der Waals surface area contributed by atoms with Gasteiger partial charge >= 0.3 is 0 Å². The van der Waals surface area contributed by atoms with E-state index in [0.717, 1.165) is 18.4 Å². The summed E-state index contributed by atoms with van der Waals surface area (Å²) in [7, 11) is 1.59. The molecule has 0 saturated heterocycles. The Balaban J connectivity index is 1.96. The molecule has 4 heteroatoms. The van der Waals surface area contributed by atoms with E-state index in [1.54, 1.807) is 19.2 Å². The third-order valence-electron chi connectivity index (χ3n) is 4.02. The van der Waals surface area contributed by atoms with Crippen LogP contribution in [0.25, 0.3) is 11.0 Å². The van der Waals surface area contributed by atoms with Gasteiger partial charge in [0.25, 0.3) is 0 Å². The summed E-state index contributed by atoms with van der Waals surface area (Å²) in [6, 6.07) is 11.2. The van der Waals surface area contributed by atoms with Gasteiger partial charge in [-0.25, -0.2) is 0 Å². The molecule has 0 aliphatic carbocycles. The van der Waals surface area contributed by atoms with E-state index in [1.165, 1.54) is 11.8 Å². The summed E-state index contributed by atoms with van der Waals surface area (Å²) in [5.74, 6) is 1.48. The molecule has 3 aromatic rings. The molecule has 0 atom stereocenters. The molecule has 0 unspecified atom stereocenters. The number of methoxy groups -OCH3 is 1. The van der Waals surface area contributed by atoms with E-state index in [1.807, 2.05) is 31.2 Å². The second kappa shape index (κ2) is 6.79. The van der Waals surface area contributed by atoms with Crippen LogP contribution in [-0.4, -0.2) is 7.11 Å². The van der Waals surface area contributed by atoms with Gasteiger partial charge in [0, 0.05) is 5.56 Å². The molecule has 2 aromatic carbocycles. The lowest BCUT2D eigenvalue weighted by atomic mass is 10.1. The Morgan fingerprint density at radius 3 is 2.46 bits per heavy atom. The number of rotatable bonds is 5. The van der Waals surface area contributed by atoms with Gasteiger partial charge in [0.2, 0.25) is 11.2 Å². The monoisotopic (exact) mass is 324 g/mol. The fourth-order valence-electron chi connectivity index (χ4n) is 2.73. The van der Waals surface area contributed by atoms with Crippen LogP contribution in [0.15, 0.2) is 51.9 Å². The van der Waals surface area contributed by atoms with Gasteiger partial charge in [0.15, 0.2) is 0 Å². The van der Waals surface area contributed by atoms with E-state index in [2.05, 4.69) is 6.92 Å². The van der Waals surface area contributed by atoms with Crippen LogP contribution in [0.5, 0.6) is 17.2 Å². The van der Waals surface area contributed by atoms with Crippen molar-refractivity contribution in [2.24, 2.45) is 0 Å². The quantitative estimate of drug-likeness (QED) is 0.673. The first-order valence-electron chi connectivity index (χ1n) is 8.00. The van der Waals surface area contributed by atoms with Gasteiger partial charge in [0.05, 0.1) is 12.5 Å². The molecule has 4 nitrogen and oxygen atoms in total. The Morgan fingerprint density at radius 2 is 1.79 bits per heavy atom. The first kappa shape index (κ1) is 16.1. The molecule has 0 radical (unpaired) electrons. The molecule has 0 amide bonds. The van der Waals surface area contributed by atoms with Gasteiger partial charge in [-0.3, -0.25) is 4.79 Å². The Labute approximate surface area is 140 Å². The van der Waals surface area contributed by atoms with Crippen LogP contribution in [0.4, 0.5) is 0 Å². The molecule has 24 heavy (non-hydrogen) atoms. The third kappa shape index (κ3) is 3.00. The van der Waals surface area contributed by atoms with Crippen LogP contribution < -0.4 is 14.9 Å². The minimum atomic E-state index is -0.195. The maximum absolute atomic E-state index is 12.6. The second-order valence-corrected chi connectivity index (χ2v) is 5.69. The molecule has 1 aromatic heterocycles. The topological polar surface area (TPSA) is 48.7 Å². The molecule has 124 valence electrons. The molecule has 0 spiro atoms. The van der Waals surface area contributed by atoms with Gasteiger partial charge in [-0.1, -0.05) is 25.5 Å². The van der Waals surface area contributed by atoms with E-state index >= 15 is 0 Å². The normalized spacial score (nSPS) is 10.8. The molecule has 0 aliphatic rings. The maximum atomic E-state index is 12.6. The van der Waals surface area contributed by atoms with Gasteiger partial charge in [-0.15, -0.1) is 0 Å². The Kier molecular flexibility index (Phi) is 4.56. The number of aryl methyl sites for hydroxylation is 2. The number of hydrogen-bond donors (Lipinski definition) is 0. The fourth-order valence-corrected chi connectivity index (χ4v) is 2.73. The highest BCUT2D eigenvalue weighted by atomic mass is 16.5. The van der Waals surface area contributed by atoms with E-state index in [0.29, 0.717) is 22.5 Å². The van der Waals surface area contributed by atoms with Crippen molar-refractivity contribution in [3.8, 4) is 17.2 Å². The summed E-state index contributed by atoms with van der Waals surface area (Å²) in [5.41, 5.74) is 2.37. The van der Waals surface area contributed by atoms with Crippen molar-refractivity contribution in [2.45, 2.75) is 26.7 Å². The SMILES string of the molecule is CCCc1ccc(Oc2coc3c(C)c(OC)ccc3c2=O)cc1. The zero-order chi connectivity index (χ0) is 17.1. The molecule has 0 N–H and O–H groups in total. The minimum absolute atomic E-state index is 0.176. The summed E-state index contributed by atoms with van der Waals surface area (Å²) in [4.78, 5) is 12.6. The lowest BCUT2D eigenvalue weighted by molar-refractivity contribution is 0.410. The Bertz CT molecular complexity index is 907. The molecule has 3 rings (SSSR count). The van der Waals surface area contributed by atoms with Crippen molar-refractivity contribution in [2.75, 3.05) is 7.11 Å². The van der Waals surface area contributed by atoms with E-state index in [4.69, 9.17) is 13.9 Å². The van der Waals surface area contributed by atoms with Crippen LogP contribution in [0.3, 0.4) is 0 Å². The first-order chi connectivity index (χ1) is 11.6.